The summed E-state index contributed by atoms with van der Waals surface area (Å²) in [5.41, 5.74) is 4.41. The van der Waals surface area contributed by atoms with Crippen LogP contribution in [0, 0.1) is 5.95 Å². The van der Waals surface area contributed by atoms with E-state index in [1.807, 2.05) is 0 Å². The summed E-state index contributed by atoms with van der Waals surface area (Å²) in [7, 11) is 0. The molecule has 0 aliphatic heterocycles. The third-order valence-electron chi connectivity index (χ3n) is 1.22. The van der Waals surface area contributed by atoms with Crippen LogP contribution in [0.2, 0.25) is 5.02 Å². The number of rotatable bonds is 1. The molecule has 0 aliphatic carbocycles. The van der Waals surface area contributed by atoms with Gasteiger partial charge in [-0.05, 0) is 0 Å². The lowest BCUT2D eigenvalue weighted by atomic mass is 10.2. The van der Waals surface area contributed by atoms with Crippen molar-refractivity contribution >= 4 is 17.4 Å². The molecule has 1 rings (SSSR count). The van der Waals surface area contributed by atoms with Crippen molar-refractivity contribution in [2.45, 2.75) is 6.43 Å². The minimum atomic E-state index is -2.85. The molecule has 0 saturated heterocycles. The van der Waals surface area contributed by atoms with Crippen LogP contribution in [-0.2, 0) is 0 Å². The lowest BCUT2D eigenvalue weighted by molar-refractivity contribution is 0.151. The fourth-order valence-electron chi connectivity index (χ4n) is 0.695. The first-order valence-corrected chi connectivity index (χ1v) is 3.29. The molecule has 0 aromatic carbocycles. The number of anilines is 1. The lowest BCUT2D eigenvalue weighted by Crippen LogP contribution is -1.98. The van der Waals surface area contributed by atoms with Gasteiger partial charge in [0, 0.05) is 11.6 Å². The van der Waals surface area contributed by atoms with Crippen molar-refractivity contribution < 1.29 is 13.2 Å². The molecule has 6 heteroatoms. The standard InChI is InChI=1S/C6H4ClF3N2/c7-4-2(5(9)10)1-3(8)12-6(4)11/h1,5H,(H2,11,12). The molecule has 0 aliphatic rings. The number of nitrogens with two attached hydrogens (primary N) is 1. The van der Waals surface area contributed by atoms with Gasteiger partial charge in [0.05, 0.1) is 5.02 Å². The summed E-state index contributed by atoms with van der Waals surface area (Å²) in [5, 5.41) is -0.397. The molecule has 1 heterocycles. The molecule has 0 saturated carbocycles. The van der Waals surface area contributed by atoms with Crippen LogP contribution in [-0.4, -0.2) is 4.98 Å². The van der Waals surface area contributed by atoms with Gasteiger partial charge in [0.25, 0.3) is 6.43 Å². The van der Waals surface area contributed by atoms with E-state index in [1.54, 1.807) is 0 Å². The van der Waals surface area contributed by atoms with E-state index >= 15 is 0 Å². The van der Waals surface area contributed by atoms with Gasteiger partial charge in [0.2, 0.25) is 5.95 Å². The molecule has 12 heavy (non-hydrogen) atoms. The maximum Gasteiger partial charge on any atom is 0.265 e. The first kappa shape index (κ1) is 9.12. The summed E-state index contributed by atoms with van der Waals surface area (Å²) in [5.74, 6) is -1.49. The Bertz CT molecular complexity index is 303. The number of hydrogen-bond donors (Lipinski definition) is 1. The molecule has 0 spiro atoms. The molecule has 1 aromatic heterocycles. The van der Waals surface area contributed by atoms with Gasteiger partial charge in [-0.15, -0.1) is 0 Å². The molecule has 2 nitrogen and oxygen atoms in total. The van der Waals surface area contributed by atoms with Gasteiger partial charge in [-0.25, -0.2) is 13.8 Å². The third kappa shape index (κ3) is 1.61. The quantitative estimate of drug-likeness (QED) is 0.701. The van der Waals surface area contributed by atoms with Crippen LogP contribution in [0.4, 0.5) is 19.0 Å². The van der Waals surface area contributed by atoms with E-state index in [-0.39, 0.29) is 0 Å². The highest BCUT2D eigenvalue weighted by atomic mass is 35.5. The van der Waals surface area contributed by atoms with E-state index < -0.39 is 28.8 Å². The van der Waals surface area contributed by atoms with E-state index in [0.717, 1.165) is 0 Å². The molecule has 2 N–H and O–H groups in total. The summed E-state index contributed by atoms with van der Waals surface area (Å²) in [4.78, 5) is 3.06. The molecule has 0 radical (unpaired) electrons. The summed E-state index contributed by atoms with van der Waals surface area (Å²) in [6.45, 7) is 0. The maximum atomic E-state index is 12.4. The van der Waals surface area contributed by atoms with Crippen molar-refractivity contribution in [3.8, 4) is 0 Å². The van der Waals surface area contributed by atoms with E-state index in [4.69, 9.17) is 17.3 Å². The van der Waals surface area contributed by atoms with E-state index in [9.17, 15) is 13.2 Å². The predicted octanol–water partition coefficient (Wildman–Crippen LogP) is 2.39. The Hall–Kier alpha value is -0.970. The van der Waals surface area contributed by atoms with Gasteiger partial charge in [-0.3, -0.25) is 0 Å². The third-order valence-corrected chi connectivity index (χ3v) is 1.63. The molecule has 0 fully saturated rings. The van der Waals surface area contributed by atoms with Crippen molar-refractivity contribution in [1.29, 1.82) is 0 Å². The van der Waals surface area contributed by atoms with Crippen LogP contribution in [0.1, 0.15) is 12.0 Å². The van der Waals surface area contributed by atoms with Crippen LogP contribution in [0.3, 0.4) is 0 Å². The highest BCUT2D eigenvalue weighted by Gasteiger charge is 2.16. The summed E-state index contributed by atoms with van der Waals surface area (Å²) in [6.07, 6.45) is -2.85. The smallest absolute Gasteiger partial charge is 0.265 e. The van der Waals surface area contributed by atoms with Crippen LogP contribution in [0.25, 0.3) is 0 Å². The first-order chi connectivity index (χ1) is 5.52. The molecule has 0 unspecified atom stereocenters. The lowest BCUT2D eigenvalue weighted by Gasteiger charge is -2.04. The molecular weight excluding hydrogens is 193 g/mol. The Labute approximate surface area is 71.2 Å². The average molecular weight is 197 g/mol. The summed E-state index contributed by atoms with van der Waals surface area (Å²) < 4.78 is 36.5. The van der Waals surface area contributed by atoms with Crippen molar-refractivity contribution in [2.24, 2.45) is 0 Å². The fraction of sp³-hybridized carbons (Fsp3) is 0.167. The minimum absolute atomic E-state index is 0.397. The number of nitrogens with zero attached hydrogens (tertiary/aromatic N) is 1. The largest absolute Gasteiger partial charge is 0.382 e. The average Bonchev–Trinajstić information content (AvgIpc) is 1.96. The molecule has 66 valence electrons. The molecule has 0 amide bonds. The second-order valence-corrected chi connectivity index (χ2v) is 2.41. The monoisotopic (exact) mass is 196 g/mol. The second-order valence-electron chi connectivity index (χ2n) is 2.03. The number of aromatic nitrogens is 1. The number of halogens is 4. The normalized spacial score (nSPS) is 10.8. The fourth-order valence-corrected chi connectivity index (χ4v) is 0.874. The Morgan fingerprint density at radius 1 is 1.50 bits per heavy atom. The Morgan fingerprint density at radius 3 is 2.58 bits per heavy atom. The van der Waals surface area contributed by atoms with Crippen molar-refractivity contribution in [1.82, 2.24) is 4.98 Å². The van der Waals surface area contributed by atoms with Gasteiger partial charge in [0.1, 0.15) is 5.82 Å². The second kappa shape index (κ2) is 3.18. The van der Waals surface area contributed by atoms with Gasteiger partial charge >= 0.3 is 0 Å². The van der Waals surface area contributed by atoms with Gasteiger partial charge in [-0.1, -0.05) is 11.6 Å². The van der Waals surface area contributed by atoms with Gasteiger partial charge in [-0.2, -0.15) is 4.39 Å². The van der Waals surface area contributed by atoms with Crippen LogP contribution >= 0.6 is 11.6 Å². The van der Waals surface area contributed by atoms with E-state index in [2.05, 4.69) is 4.98 Å². The Morgan fingerprint density at radius 2 is 2.08 bits per heavy atom. The van der Waals surface area contributed by atoms with Crippen LogP contribution in [0.5, 0.6) is 0 Å². The van der Waals surface area contributed by atoms with Crippen molar-refractivity contribution in [2.75, 3.05) is 5.73 Å². The van der Waals surface area contributed by atoms with Crippen LogP contribution < -0.4 is 5.73 Å². The van der Waals surface area contributed by atoms with Crippen LogP contribution in [0.15, 0.2) is 6.07 Å². The van der Waals surface area contributed by atoms with Gasteiger partial charge in [0.15, 0.2) is 0 Å². The Kier molecular flexibility index (Phi) is 2.42. The molecule has 0 bridgehead atoms. The number of alkyl halides is 2. The highest BCUT2D eigenvalue weighted by molar-refractivity contribution is 6.33. The zero-order valence-corrected chi connectivity index (χ0v) is 6.45. The van der Waals surface area contributed by atoms with Gasteiger partial charge < -0.3 is 5.73 Å². The minimum Gasteiger partial charge on any atom is -0.382 e. The topological polar surface area (TPSA) is 38.9 Å². The van der Waals surface area contributed by atoms with E-state index in [1.165, 1.54) is 0 Å². The summed E-state index contributed by atoms with van der Waals surface area (Å²) >= 11 is 5.33. The molecule has 0 atom stereocenters. The maximum absolute atomic E-state index is 12.4. The van der Waals surface area contributed by atoms with E-state index in [0.29, 0.717) is 6.07 Å². The zero-order valence-electron chi connectivity index (χ0n) is 5.69. The highest BCUT2D eigenvalue weighted by Crippen LogP contribution is 2.30. The first-order valence-electron chi connectivity index (χ1n) is 2.92. The molecule has 1 aromatic rings. The number of pyridine rings is 1. The van der Waals surface area contributed by atoms with Crippen molar-refractivity contribution in [3.63, 3.8) is 0 Å². The summed E-state index contributed by atoms with van der Waals surface area (Å²) in [6, 6.07) is 0.559. The number of nitrogen functional groups attached to an aromatic ring is 1. The number of hydrogen-bond acceptors (Lipinski definition) is 2. The SMILES string of the molecule is Nc1nc(F)cc(C(F)F)c1Cl. The zero-order chi connectivity index (χ0) is 9.30. The van der Waals surface area contributed by atoms with Crippen molar-refractivity contribution in [3.05, 3.63) is 22.6 Å². The predicted molar refractivity (Wildman–Crippen MR) is 38.6 cm³/mol. The Balaban J connectivity index is 3.28. The molecular formula is C6H4ClF3N2.